The van der Waals surface area contributed by atoms with Gasteiger partial charge >= 0.3 is 0 Å². The molecule has 18 heavy (non-hydrogen) atoms. The average molecular weight is 289 g/mol. The molecule has 0 atom stereocenters. The lowest BCUT2D eigenvalue weighted by atomic mass is 10.3. The topological polar surface area (TPSA) is 15.7 Å². The van der Waals surface area contributed by atoms with Gasteiger partial charge in [-0.1, -0.05) is 23.2 Å². The second kappa shape index (κ2) is 6.62. The molecule has 0 aliphatic carbocycles. The quantitative estimate of drug-likeness (QED) is 0.847. The molecule has 2 rings (SSSR count). The molecule has 1 fully saturated rings. The zero-order valence-electron chi connectivity index (χ0n) is 10.5. The Morgan fingerprint density at radius 3 is 2.61 bits per heavy atom. The zero-order valence-corrected chi connectivity index (χ0v) is 12.0. The van der Waals surface area contributed by atoms with Crippen LogP contribution in [0.1, 0.15) is 0 Å². The summed E-state index contributed by atoms with van der Waals surface area (Å²) >= 11 is 11.9. The first-order valence-corrected chi connectivity index (χ1v) is 6.89. The summed E-state index contributed by atoms with van der Waals surface area (Å²) < 4.78 is 5.68. The molecule has 1 aromatic rings. The number of nitrogens with zero attached hydrogens (tertiary/aromatic N) is 2. The van der Waals surface area contributed by atoms with Crippen molar-refractivity contribution in [2.75, 3.05) is 46.4 Å². The number of ether oxygens (including phenoxy) is 1. The molecule has 0 saturated carbocycles. The lowest BCUT2D eigenvalue weighted by molar-refractivity contribution is 0.134. The molecular formula is C13H18Cl2N2O. The van der Waals surface area contributed by atoms with Crippen molar-refractivity contribution < 1.29 is 4.74 Å². The summed E-state index contributed by atoms with van der Waals surface area (Å²) in [5.41, 5.74) is 0. The molecule has 5 heteroatoms. The summed E-state index contributed by atoms with van der Waals surface area (Å²) in [5.74, 6) is 0.665. The second-order valence-corrected chi connectivity index (χ2v) is 5.41. The van der Waals surface area contributed by atoms with Gasteiger partial charge in [0.15, 0.2) is 0 Å². The SMILES string of the molecule is CN1CCN(CCOc2cc(Cl)ccc2Cl)CC1. The van der Waals surface area contributed by atoms with Crippen molar-refractivity contribution in [1.82, 2.24) is 9.80 Å². The van der Waals surface area contributed by atoms with Crippen molar-refractivity contribution in [2.45, 2.75) is 0 Å². The molecule has 1 aliphatic rings. The molecule has 0 spiro atoms. The molecule has 1 aliphatic heterocycles. The van der Waals surface area contributed by atoms with Gasteiger partial charge in [-0.2, -0.15) is 0 Å². The molecular weight excluding hydrogens is 271 g/mol. The van der Waals surface area contributed by atoms with Crippen LogP contribution in [0.4, 0.5) is 0 Å². The van der Waals surface area contributed by atoms with Gasteiger partial charge in [-0.05, 0) is 19.2 Å². The first-order chi connectivity index (χ1) is 8.65. The van der Waals surface area contributed by atoms with Gasteiger partial charge < -0.3 is 9.64 Å². The van der Waals surface area contributed by atoms with E-state index < -0.39 is 0 Å². The Hall–Kier alpha value is -0.480. The third-order valence-corrected chi connectivity index (χ3v) is 3.70. The molecule has 0 bridgehead atoms. The van der Waals surface area contributed by atoms with Gasteiger partial charge in [-0.3, -0.25) is 4.90 Å². The largest absolute Gasteiger partial charge is 0.491 e. The van der Waals surface area contributed by atoms with Crippen molar-refractivity contribution in [3.05, 3.63) is 28.2 Å². The number of rotatable bonds is 4. The summed E-state index contributed by atoms with van der Waals surface area (Å²) in [6.07, 6.45) is 0. The second-order valence-electron chi connectivity index (χ2n) is 4.57. The molecule has 0 aromatic heterocycles. The number of piperazine rings is 1. The lowest BCUT2D eigenvalue weighted by Crippen LogP contribution is -2.45. The Kier molecular flexibility index (Phi) is 5.13. The zero-order chi connectivity index (χ0) is 13.0. The van der Waals surface area contributed by atoms with Crippen molar-refractivity contribution in [2.24, 2.45) is 0 Å². The molecule has 1 heterocycles. The fourth-order valence-electron chi connectivity index (χ4n) is 1.94. The van der Waals surface area contributed by atoms with Gasteiger partial charge in [0.05, 0.1) is 5.02 Å². The Labute approximate surface area is 118 Å². The van der Waals surface area contributed by atoms with E-state index in [4.69, 9.17) is 27.9 Å². The molecule has 1 aromatic carbocycles. The highest BCUT2D eigenvalue weighted by molar-refractivity contribution is 6.34. The number of likely N-dealkylation sites (N-methyl/N-ethyl adjacent to an activating group) is 1. The first kappa shape index (κ1) is 13.9. The van der Waals surface area contributed by atoms with Crippen LogP contribution in [0, 0.1) is 0 Å². The highest BCUT2D eigenvalue weighted by Gasteiger charge is 2.13. The summed E-state index contributed by atoms with van der Waals surface area (Å²) in [5, 5.41) is 1.26. The van der Waals surface area contributed by atoms with Gasteiger partial charge in [-0.25, -0.2) is 0 Å². The van der Waals surface area contributed by atoms with Crippen LogP contribution in [0.15, 0.2) is 18.2 Å². The van der Waals surface area contributed by atoms with Crippen LogP contribution >= 0.6 is 23.2 Å². The number of hydrogen-bond donors (Lipinski definition) is 0. The molecule has 1 saturated heterocycles. The summed E-state index contributed by atoms with van der Waals surface area (Å²) in [6, 6.07) is 5.28. The van der Waals surface area contributed by atoms with Crippen molar-refractivity contribution in [3.63, 3.8) is 0 Å². The van der Waals surface area contributed by atoms with E-state index in [0.29, 0.717) is 22.4 Å². The fraction of sp³-hybridized carbons (Fsp3) is 0.538. The molecule has 3 nitrogen and oxygen atoms in total. The van der Waals surface area contributed by atoms with Crippen molar-refractivity contribution >= 4 is 23.2 Å². The van der Waals surface area contributed by atoms with Crippen LogP contribution in [-0.4, -0.2) is 56.2 Å². The van der Waals surface area contributed by atoms with E-state index in [9.17, 15) is 0 Å². The van der Waals surface area contributed by atoms with E-state index in [1.54, 1.807) is 18.2 Å². The van der Waals surface area contributed by atoms with E-state index in [-0.39, 0.29) is 0 Å². The summed E-state index contributed by atoms with van der Waals surface area (Å²) in [7, 11) is 2.15. The minimum absolute atomic E-state index is 0.609. The van der Waals surface area contributed by atoms with Crippen LogP contribution in [0.5, 0.6) is 5.75 Å². The summed E-state index contributed by atoms with van der Waals surface area (Å²) in [6.45, 7) is 6.02. The highest BCUT2D eigenvalue weighted by Crippen LogP contribution is 2.27. The average Bonchev–Trinajstić information content (AvgIpc) is 2.36. The third-order valence-electron chi connectivity index (χ3n) is 3.15. The Morgan fingerprint density at radius 2 is 1.89 bits per heavy atom. The van der Waals surface area contributed by atoms with Gasteiger partial charge in [0.1, 0.15) is 12.4 Å². The van der Waals surface area contributed by atoms with E-state index in [2.05, 4.69) is 16.8 Å². The predicted octanol–water partition coefficient (Wildman–Crippen LogP) is 2.62. The van der Waals surface area contributed by atoms with Crippen molar-refractivity contribution in [3.8, 4) is 5.75 Å². The number of benzene rings is 1. The molecule has 100 valence electrons. The van der Waals surface area contributed by atoms with Gasteiger partial charge in [-0.15, -0.1) is 0 Å². The summed E-state index contributed by atoms with van der Waals surface area (Å²) in [4.78, 5) is 4.74. The third kappa shape index (κ3) is 4.02. The first-order valence-electron chi connectivity index (χ1n) is 6.14. The molecule has 0 unspecified atom stereocenters. The highest BCUT2D eigenvalue weighted by atomic mass is 35.5. The van der Waals surface area contributed by atoms with E-state index in [1.807, 2.05) is 0 Å². The van der Waals surface area contributed by atoms with Crippen molar-refractivity contribution in [1.29, 1.82) is 0 Å². The van der Waals surface area contributed by atoms with Crippen LogP contribution in [0.2, 0.25) is 10.0 Å². The Bertz CT molecular complexity index is 393. The monoisotopic (exact) mass is 288 g/mol. The Morgan fingerprint density at radius 1 is 1.17 bits per heavy atom. The van der Waals surface area contributed by atoms with Gasteiger partial charge in [0.2, 0.25) is 0 Å². The number of hydrogen-bond acceptors (Lipinski definition) is 3. The van der Waals surface area contributed by atoms with E-state index in [1.165, 1.54) is 0 Å². The minimum Gasteiger partial charge on any atom is -0.491 e. The van der Waals surface area contributed by atoms with Crippen LogP contribution < -0.4 is 4.74 Å². The Balaban J connectivity index is 1.76. The maximum absolute atomic E-state index is 6.03. The van der Waals surface area contributed by atoms with Crippen LogP contribution in [-0.2, 0) is 0 Å². The predicted molar refractivity (Wildman–Crippen MR) is 75.9 cm³/mol. The molecule has 0 radical (unpaired) electrons. The normalized spacial score (nSPS) is 17.9. The fourth-order valence-corrected chi connectivity index (χ4v) is 2.28. The van der Waals surface area contributed by atoms with Gasteiger partial charge in [0.25, 0.3) is 0 Å². The van der Waals surface area contributed by atoms with Crippen LogP contribution in [0.25, 0.3) is 0 Å². The lowest BCUT2D eigenvalue weighted by Gasteiger charge is -2.32. The molecule has 0 N–H and O–H groups in total. The van der Waals surface area contributed by atoms with Gasteiger partial charge in [0, 0.05) is 43.8 Å². The van der Waals surface area contributed by atoms with E-state index >= 15 is 0 Å². The van der Waals surface area contributed by atoms with Crippen LogP contribution in [0.3, 0.4) is 0 Å². The minimum atomic E-state index is 0.609. The van der Waals surface area contributed by atoms with E-state index in [0.717, 1.165) is 32.7 Å². The standard InChI is InChI=1S/C13H18Cl2N2O/c1-16-4-6-17(7-5-16)8-9-18-13-10-11(14)2-3-12(13)15/h2-3,10H,4-9H2,1H3. The number of halogens is 2. The molecule has 0 amide bonds. The maximum atomic E-state index is 6.03. The maximum Gasteiger partial charge on any atom is 0.139 e. The smallest absolute Gasteiger partial charge is 0.139 e.